The number of carbonyl (C=O) groups excluding carboxylic acids is 1. The summed E-state index contributed by atoms with van der Waals surface area (Å²) in [6.07, 6.45) is 1.20. The molecule has 1 unspecified atom stereocenters. The van der Waals surface area contributed by atoms with E-state index in [1.54, 1.807) is 25.1 Å². The molecule has 0 bridgehead atoms. The molecule has 2 aromatic heterocycles. The minimum atomic E-state index is -0.290. The fraction of sp³-hybridized carbons (Fsp3) is 0.333. The molecule has 152 valence electrons. The summed E-state index contributed by atoms with van der Waals surface area (Å²) < 4.78 is 25.7. The zero-order chi connectivity index (χ0) is 20.4. The van der Waals surface area contributed by atoms with Crippen LogP contribution in [0.4, 0.5) is 10.2 Å². The van der Waals surface area contributed by atoms with E-state index in [-0.39, 0.29) is 17.8 Å². The first kappa shape index (κ1) is 19.4. The van der Waals surface area contributed by atoms with Crippen LogP contribution < -0.4 is 10.6 Å². The van der Waals surface area contributed by atoms with Gasteiger partial charge in [0.2, 0.25) is 0 Å². The van der Waals surface area contributed by atoms with Crippen molar-refractivity contribution in [2.24, 2.45) is 0 Å². The molecule has 1 saturated heterocycles. The zero-order valence-electron chi connectivity index (χ0n) is 16.4. The number of anilines is 1. The molecule has 0 radical (unpaired) electrons. The summed E-state index contributed by atoms with van der Waals surface area (Å²) in [5, 5.41) is 11.2. The molecule has 8 heteroatoms. The Balaban J connectivity index is 1.67. The molecule has 1 fully saturated rings. The van der Waals surface area contributed by atoms with Crippen LogP contribution in [-0.2, 0) is 11.3 Å². The summed E-state index contributed by atoms with van der Waals surface area (Å²) in [6.45, 7) is 6.13. The van der Waals surface area contributed by atoms with E-state index in [4.69, 9.17) is 9.15 Å². The Hall–Kier alpha value is -2.97. The van der Waals surface area contributed by atoms with Gasteiger partial charge in [0.05, 0.1) is 17.9 Å². The molecule has 0 spiro atoms. The average molecular weight is 398 g/mol. The molecule has 1 aliphatic heterocycles. The van der Waals surface area contributed by atoms with Crippen molar-refractivity contribution in [2.45, 2.75) is 26.5 Å². The fourth-order valence-corrected chi connectivity index (χ4v) is 3.38. The van der Waals surface area contributed by atoms with Gasteiger partial charge < -0.3 is 19.8 Å². The molecule has 29 heavy (non-hydrogen) atoms. The Kier molecular flexibility index (Phi) is 5.46. The summed E-state index contributed by atoms with van der Waals surface area (Å²) in [4.78, 5) is 13.1. The van der Waals surface area contributed by atoms with Gasteiger partial charge in [0, 0.05) is 25.2 Å². The van der Waals surface area contributed by atoms with Crippen LogP contribution in [0.25, 0.3) is 0 Å². The van der Waals surface area contributed by atoms with Crippen molar-refractivity contribution in [2.75, 3.05) is 25.0 Å². The molecule has 3 heterocycles. The summed E-state index contributed by atoms with van der Waals surface area (Å²) >= 11 is 0. The van der Waals surface area contributed by atoms with E-state index in [9.17, 15) is 9.18 Å². The van der Waals surface area contributed by atoms with Gasteiger partial charge in [-0.25, -0.2) is 4.39 Å². The van der Waals surface area contributed by atoms with Crippen LogP contribution in [0.2, 0.25) is 0 Å². The fourth-order valence-electron chi connectivity index (χ4n) is 3.38. The third kappa shape index (κ3) is 4.08. The summed E-state index contributed by atoms with van der Waals surface area (Å²) in [5.74, 6) is 0.659. The van der Waals surface area contributed by atoms with Crippen LogP contribution in [0.3, 0.4) is 0 Å². The first-order chi connectivity index (χ1) is 14.0. The number of hydrogen-bond acceptors (Lipinski definition) is 6. The van der Waals surface area contributed by atoms with Gasteiger partial charge in [0.15, 0.2) is 0 Å². The zero-order valence-corrected chi connectivity index (χ0v) is 16.4. The second-order valence-corrected chi connectivity index (χ2v) is 7.07. The van der Waals surface area contributed by atoms with E-state index in [2.05, 4.69) is 15.7 Å². The molecule has 2 N–H and O–H groups in total. The van der Waals surface area contributed by atoms with E-state index in [1.807, 2.05) is 6.92 Å². The molecular formula is C21H23FN4O3. The van der Waals surface area contributed by atoms with Gasteiger partial charge in [-0.05, 0) is 37.6 Å². The predicted molar refractivity (Wildman–Crippen MR) is 105 cm³/mol. The van der Waals surface area contributed by atoms with E-state index < -0.39 is 0 Å². The highest BCUT2D eigenvalue weighted by molar-refractivity contribution is 5.97. The Bertz CT molecular complexity index is 1000. The molecule has 4 rings (SSSR count). The lowest BCUT2D eigenvalue weighted by Crippen LogP contribution is -2.34. The lowest BCUT2D eigenvalue weighted by molar-refractivity contribution is 0.0243. The lowest BCUT2D eigenvalue weighted by atomic mass is 10.1. The van der Waals surface area contributed by atoms with Crippen LogP contribution in [-0.4, -0.2) is 35.4 Å². The maximum absolute atomic E-state index is 13.2. The van der Waals surface area contributed by atoms with Crippen molar-refractivity contribution in [3.63, 3.8) is 0 Å². The van der Waals surface area contributed by atoms with Crippen LogP contribution in [0.1, 0.15) is 39.0 Å². The van der Waals surface area contributed by atoms with Crippen molar-refractivity contribution >= 4 is 11.7 Å². The number of nitrogens with one attached hydrogen (secondary N) is 2. The second-order valence-electron chi connectivity index (χ2n) is 7.07. The molecule has 0 aliphatic carbocycles. The number of rotatable bonds is 5. The van der Waals surface area contributed by atoms with Gasteiger partial charge in [-0.3, -0.25) is 4.79 Å². The van der Waals surface area contributed by atoms with Gasteiger partial charge >= 0.3 is 0 Å². The maximum atomic E-state index is 13.2. The van der Waals surface area contributed by atoms with Gasteiger partial charge in [-0.1, -0.05) is 12.1 Å². The molecule has 7 nitrogen and oxygen atoms in total. The van der Waals surface area contributed by atoms with Gasteiger partial charge in [0.25, 0.3) is 5.91 Å². The number of halogens is 1. The number of furan rings is 1. The van der Waals surface area contributed by atoms with Gasteiger partial charge in [0.1, 0.15) is 29.8 Å². The number of nitrogens with zero attached hydrogens (tertiary/aromatic N) is 2. The molecule has 1 aromatic carbocycles. The standard InChI is InChI=1S/C21H23FN4O3/c1-13-9-16(12-29-13)21(27)26-20(24-10-15-3-5-17(22)6-4-15)14(2)19(25-26)18-11-23-7-8-28-18/h3-6,9,12,18,23-24H,7-8,10-11H2,1-2H3. The topological polar surface area (TPSA) is 81.3 Å². The Morgan fingerprint density at radius 3 is 2.79 bits per heavy atom. The number of aryl methyl sites for hydroxylation is 1. The monoisotopic (exact) mass is 398 g/mol. The lowest BCUT2D eigenvalue weighted by Gasteiger charge is -2.22. The van der Waals surface area contributed by atoms with E-state index in [0.717, 1.165) is 17.7 Å². The van der Waals surface area contributed by atoms with E-state index in [1.165, 1.54) is 23.1 Å². The predicted octanol–water partition coefficient (Wildman–Crippen LogP) is 3.19. The Morgan fingerprint density at radius 2 is 2.14 bits per heavy atom. The number of morpholine rings is 1. The van der Waals surface area contributed by atoms with Crippen molar-refractivity contribution in [3.8, 4) is 0 Å². The summed E-state index contributed by atoms with van der Waals surface area (Å²) in [6, 6.07) is 7.91. The number of aromatic nitrogens is 2. The van der Waals surface area contributed by atoms with Crippen molar-refractivity contribution in [3.05, 3.63) is 70.6 Å². The quantitative estimate of drug-likeness (QED) is 0.687. The van der Waals surface area contributed by atoms with Crippen molar-refractivity contribution in [1.82, 2.24) is 15.1 Å². The third-order valence-electron chi connectivity index (χ3n) is 4.93. The van der Waals surface area contributed by atoms with Gasteiger partial charge in [-0.15, -0.1) is 0 Å². The molecular weight excluding hydrogens is 375 g/mol. The van der Waals surface area contributed by atoms with Crippen LogP contribution in [0.5, 0.6) is 0 Å². The van der Waals surface area contributed by atoms with Crippen LogP contribution in [0, 0.1) is 19.7 Å². The number of benzene rings is 1. The summed E-state index contributed by atoms with van der Waals surface area (Å²) in [5.41, 5.74) is 2.87. The highest BCUT2D eigenvalue weighted by Crippen LogP contribution is 2.28. The van der Waals surface area contributed by atoms with Crippen molar-refractivity contribution in [1.29, 1.82) is 0 Å². The highest BCUT2D eigenvalue weighted by Gasteiger charge is 2.27. The number of carbonyl (C=O) groups is 1. The van der Waals surface area contributed by atoms with Gasteiger partial charge in [-0.2, -0.15) is 9.78 Å². The molecule has 0 saturated carbocycles. The molecule has 3 aromatic rings. The van der Waals surface area contributed by atoms with Crippen LogP contribution in [0.15, 0.2) is 41.0 Å². The largest absolute Gasteiger partial charge is 0.469 e. The highest BCUT2D eigenvalue weighted by atomic mass is 19.1. The molecule has 1 atom stereocenters. The van der Waals surface area contributed by atoms with E-state index >= 15 is 0 Å². The van der Waals surface area contributed by atoms with E-state index in [0.29, 0.717) is 42.5 Å². The SMILES string of the molecule is Cc1cc(C(=O)n2nc(C3CNCCO3)c(C)c2NCc2ccc(F)cc2)co1. The average Bonchev–Trinajstić information content (AvgIpc) is 3.31. The van der Waals surface area contributed by atoms with Crippen LogP contribution >= 0.6 is 0 Å². The Morgan fingerprint density at radius 1 is 1.34 bits per heavy atom. The maximum Gasteiger partial charge on any atom is 0.283 e. The Labute approximate surface area is 167 Å². The third-order valence-corrected chi connectivity index (χ3v) is 4.93. The summed E-state index contributed by atoms with van der Waals surface area (Å²) in [7, 11) is 0. The number of ether oxygens (including phenoxy) is 1. The van der Waals surface area contributed by atoms with Crippen molar-refractivity contribution < 1.29 is 18.3 Å². The minimum Gasteiger partial charge on any atom is -0.469 e. The molecule has 0 amide bonds. The first-order valence-corrected chi connectivity index (χ1v) is 9.53. The number of hydrogen-bond donors (Lipinski definition) is 2. The smallest absolute Gasteiger partial charge is 0.283 e. The molecule has 1 aliphatic rings. The first-order valence-electron chi connectivity index (χ1n) is 9.53. The minimum absolute atomic E-state index is 0.227. The second kappa shape index (κ2) is 8.18. The normalized spacial score (nSPS) is 16.7.